The van der Waals surface area contributed by atoms with Crippen LogP contribution in [0.5, 0.6) is 5.75 Å². The molecule has 2 N–H and O–H groups in total. The van der Waals surface area contributed by atoms with Crippen LogP contribution >= 0.6 is 11.6 Å². The number of aliphatic hydroxyl groups excluding tert-OH is 2. The molecule has 148 valence electrons. The molecule has 2 aromatic carbocycles. The minimum absolute atomic E-state index is 0.173. The summed E-state index contributed by atoms with van der Waals surface area (Å²) in [7, 11) is 0. The molecule has 3 atom stereocenters. The molecule has 2 aromatic rings. The lowest BCUT2D eigenvalue weighted by atomic mass is 9.93. The van der Waals surface area contributed by atoms with Gasteiger partial charge in [-0.2, -0.15) is 0 Å². The monoisotopic (exact) mass is 402 g/mol. The summed E-state index contributed by atoms with van der Waals surface area (Å²) in [4.78, 5) is 11.8. The van der Waals surface area contributed by atoms with Gasteiger partial charge < -0.3 is 19.7 Å². The summed E-state index contributed by atoms with van der Waals surface area (Å²) in [5.74, 6) is 0.489. The lowest BCUT2D eigenvalue weighted by molar-refractivity contribution is -0.161. The number of carbonyl (C=O) groups is 1. The van der Waals surface area contributed by atoms with Crippen LogP contribution in [-0.2, 0) is 22.4 Å². The van der Waals surface area contributed by atoms with Crippen molar-refractivity contribution in [1.29, 1.82) is 0 Å². The highest BCUT2D eigenvalue weighted by atomic mass is 35.5. The number of rotatable bonds is 4. The summed E-state index contributed by atoms with van der Waals surface area (Å²) in [5, 5.41) is 20.0. The molecule has 6 heteroatoms. The molecule has 4 rings (SSSR count). The Morgan fingerprint density at radius 1 is 1.18 bits per heavy atom. The van der Waals surface area contributed by atoms with Gasteiger partial charge in [-0.05, 0) is 53.6 Å². The second-order valence-electron chi connectivity index (χ2n) is 7.37. The number of aryl methyl sites for hydroxylation is 1. The third-order valence-corrected chi connectivity index (χ3v) is 5.76. The van der Waals surface area contributed by atoms with Gasteiger partial charge in [0, 0.05) is 11.4 Å². The first kappa shape index (κ1) is 19.4. The quantitative estimate of drug-likeness (QED) is 0.822. The third-order valence-electron chi connectivity index (χ3n) is 5.39. The number of hydrogen-bond donors (Lipinski definition) is 2. The highest BCUT2D eigenvalue weighted by Crippen LogP contribution is 2.33. The van der Waals surface area contributed by atoms with Crippen LogP contribution < -0.4 is 4.74 Å². The molecule has 28 heavy (non-hydrogen) atoms. The van der Waals surface area contributed by atoms with Crippen molar-refractivity contribution in [2.24, 2.45) is 0 Å². The van der Waals surface area contributed by atoms with Crippen molar-refractivity contribution < 1.29 is 24.5 Å². The highest BCUT2D eigenvalue weighted by Gasteiger charge is 2.36. The topological polar surface area (TPSA) is 76.0 Å². The summed E-state index contributed by atoms with van der Waals surface area (Å²) in [5.41, 5.74) is 4.16. The highest BCUT2D eigenvalue weighted by molar-refractivity contribution is 6.31. The normalized spacial score (nSPS) is 24.5. The summed E-state index contributed by atoms with van der Waals surface area (Å²) in [6, 6.07) is 11.8. The molecule has 2 heterocycles. The Bertz CT molecular complexity index is 881. The number of ketones is 1. The van der Waals surface area contributed by atoms with E-state index in [0.717, 1.165) is 41.9 Å². The van der Waals surface area contributed by atoms with Gasteiger partial charge in [0.2, 0.25) is 0 Å². The van der Waals surface area contributed by atoms with Crippen molar-refractivity contribution in [1.82, 2.24) is 0 Å². The third kappa shape index (κ3) is 3.94. The van der Waals surface area contributed by atoms with E-state index in [2.05, 4.69) is 12.1 Å². The first-order chi connectivity index (χ1) is 13.5. The maximum absolute atomic E-state index is 11.8. The molecule has 0 aromatic heterocycles. The first-order valence-corrected chi connectivity index (χ1v) is 9.94. The molecule has 0 spiro atoms. The number of ether oxygens (including phenoxy) is 2. The summed E-state index contributed by atoms with van der Waals surface area (Å²) >= 11 is 6.43. The largest absolute Gasteiger partial charge is 0.493 e. The van der Waals surface area contributed by atoms with Crippen molar-refractivity contribution in [2.45, 2.75) is 44.0 Å². The second-order valence-corrected chi connectivity index (χ2v) is 7.78. The molecule has 1 fully saturated rings. The minimum atomic E-state index is -1.13. The lowest BCUT2D eigenvalue weighted by Crippen LogP contribution is -2.43. The van der Waals surface area contributed by atoms with Crippen molar-refractivity contribution in [3.05, 3.63) is 63.7 Å². The molecule has 2 aliphatic rings. The van der Waals surface area contributed by atoms with Crippen LogP contribution in [0.3, 0.4) is 0 Å². The molecule has 0 aliphatic carbocycles. The summed E-state index contributed by atoms with van der Waals surface area (Å²) in [6.07, 6.45) is 0.298. The SMILES string of the molecule is O=C1[C@H](O)C[C@H](c2ccc(Cl)c(Cc3ccc4c(c3)CCCO4)c2)O[C@@H]1CO. The number of fused-ring (bicyclic) bond motifs is 1. The average molecular weight is 403 g/mol. The van der Waals surface area contributed by atoms with Gasteiger partial charge >= 0.3 is 0 Å². The molecular formula is C22H23ClO5. The van der Waals surface area contributed by atoms with Crippen LogP contribution in [0, 0.1) is 0 Å². The van der Waals surface area contributed by atoms with Crippen molar-refractivity contribution >= 4 is 17.4 Å². The molecule has 0 saturated carbocycles. The van der Waals surface area contributed by atoms with E-state index >= 15 is 0 Å². The van der Waals surface area contributed by atoms with Gasteiger partial charge in [-0.25, -0.2) is 0 Å². The van der Waals surface area contributed by atoms with E-state index in [-0.39, 0.29) is 6.42 Å². The second kappa shape index (κ2) is 8.21. The number of carbonyl (C=O) groups excluding carboxylic acids is 1. The van der Waals surface area contributed by atoms with E-state index < -0.39 is 30.7 Å². The van der Waals surface area contributed by atoms with Gasteiger partial charge in [0.15, 0.2) is 5.78 Å². The fourth-order valence-corrected chi connectivity index (χ4v) is 4.06. The zero-order valence-electron chi connectivity index (χ0n) is 15.4. The number of Topliss-reactive ketones (excluding diaryl/α,β-unsaturated/α-hetero) is 1. The Hall–Kier alpha value is -1.92. The van der Waals surface area contributed by atoms with Crippen molar-refractivity contribution in [2.75, 3.05) is 13.2 Å². The average Bonchev–Trinajstić information content (AvgIpc) is 2.71. The van der Waals surface area contributed by atoms with E-state index in [0.29, 0.717) is 11.4 Å². The summed E-state index contributed by atoms with van der Waals surface area (Å²) < 4.78 is 11.4. The van der Waals surface area contributed by atoms with E-state index in [1.807, 2.05) is 24.3 Å². The number of halogens is 1. The Balaban J connectivity index is 1.57. The number of aliphatic hydroxyl groups is 2. The van der Waals surface area contributed by atoms with E-state index in [1.54, 1.807) is 0 Å². The van der Waals surface area contributed by atoms with Crippen LogP contribution in [0.15, 0.2) is 36.4 Å². The van der Waals surface area contributed by atoms with E-state index in [4.69, 9.17) is 21.1 Å². The fourth-order valence-electron chi connectivity index (χ4n) is 3.88. The van der Waals surface area contributed by atoms with Gasteiger partial charge in [-0.1, -0.05) is 35.9 Å². The van der Waals surface area contributed by atoms with Gasteiger partial charge in [0.25, 0.3) is 0 Å². The maximum atomic E-state index is 11.8. The van der Waals surface area contributed by atoms with Crippen LogP contribution in [0.1, 0.15) is 41.2 Å². The number of benzene rings is 2. The smallest absolute Gasteiger partial charge is 0.192 e. The number of hydrogen-bond acceptors (Lipinski definition) is 5. The van der Waals surface area contributed by atoms with E-state index in [9.17, 15) is 15.0 Å². The molecule has 0 amide bonds. The molecule has 0 bridgehead atoms. The van der Waals surface area contributed by atoms with Crippen LogP contribution in [0.25, 0.3) is 0 Å². The van der Waals surface area contributed by atoms with Gasteiger partial charge in [-0.15, -0.1) is 0 Å². The van der Waals surface area contributed by atoms with Crippen LogP contribution in [-0.4, -0.2) is 41.4 Å². The first-order valence-electron chi connectivity index (χ1n) is 9.56. The summed E-state index contributed by atoms with van der Waals surface area (Å²) in [6.45, 7) is 0.328. The van der Waals surface area contributed by atoms with Gasteiger partial charge in [0.1, 0.15) is 18.0 Å². The minimum Gasteiger partial charge on any atom is -0.493 e. The standard InChI is InChI=1S/C22H23ClO5/c23-17-5-4-15(20-11-18(25)22(26)21(12-24)28-20)10-16(17)9-13-3-6-19-14(8-13)2-1-7-27-19/h3-6,8,10,18,20-21,24-25H,1-2,7,9,11-12H2/t18-,20-,21-/m1/s1. The predicted molar refractivity (Wildman–Crippen MR) is 105 cm³/mol. The van der Waals surface area contributed by atoms with Crippen molar-refractivity contribution in [3.63, 3.8) is 0 Å². The van der Waals surface area contributed by atoms with Crippen LogP contribution in [0.2, 0.25) is 5.02 Å². The molecule has 0 unspecified atom stereocenters. The van der Waals surface area contributed by atoms with E-state index in [1.165, 1.54) is 5.56 Å². The predicted octanol–water partition coefficient (Wildman–Crippen LogP) is 3.01. The molecular weight excluding hydrogens is 380 g/mol. The molecule has 1 saturated heterocycles. The van der Waals surface area contributed by atoms with Gasteiger partial charge in [-0.3, -0.25) is 4.79 Å². The molecule has 5 nitrogen and oxygen atoms in total. The Morgan fingerprint density at radius 3 is 2.86 bits per heavy atom. The lowest BCUT2D eigenvalue weighted by Gasteiger charge is -2.31. The Kier molecular flexibility index (Phi) is 5.69. The van der Waals surface area contributed by atoms with Gasteiger partial charge in [0.05, 0.1) is 19.3 Å². The Morgan fingerprint density at radius 2 is 2.04 bits per heavy atom. The fraction of sp³-hybridized carbons (Fsp3) is 0.409. The van der Waals surface area contributed by atoms with Crippen molar-refractivity contribution in [3.8, 4) is 5.75 Å². The zero-order valence-corrected chi connectivity index (χ0v) is 16.2. The molecule has 2 aliphatic heterocycles. The van der Waals surface area contributed by atoms with Crippen LogP contribution in [0.4, 0.5) is 0 Å². The Labute approximate surface area is 168 Å². The zero-order chi connectivity index (χ0) is 19.7. The molecule has 0 radical (unpaired) electrons. The maximum Gasteiger partial charge on any atom is 0.192 e.